The summed E-state index contributed by atoms with van der Waals surface area (Å²) in [6, 6.07) is 0. The van der Waals surface area contributed by atoms with E-state index in [-0.39, 0.29) is 5.91 Å². The normalized spacial score (nSPS) is 11.9. The van der Waals surface area contributed by atoms with E-state index in [1.807, 2.05) is 24.7 Å². The number of carbonyl (C=O) groups is 1. The topological polar surface area (TPSA) is 76.2 Å². The van der Waals surface area contributed by atoms with Crippen LogP contribution in [0.5, 0.6) is 0 Å². The molecule has 1 rings (SSSR count). The fraction of sp³-hybridized carbons (Fsp3) is 0.714. The number of aromatic nitrogens is 2. The second-order valence-electron chi connectivity index (χ2n) is 5.56. The first-order valence-electron chi connectivity index (χ1n) is 7.19. The average molecular weight is 281 g/mol. The van der Waals surface area contributed by atoms with Crippen molar-refractivity contribution in [2.75, 3.05) is 31.5 Å². The second kappa shape index (κ2) is 7.40. The Morgan fingerprint density at radius 2 is 2.10 bits per heavy atom. The number of anilines is 1. The van der Waals surface area contributed by atoms with Crippen molar-refractivity contribution in [2.45, 2.75) is 34.2 Å². The third-order valence-corrected chi connectivity index (χ3v) is 3.56. The lowest BCUT2D eigenvalue weighted by atomic mass is 9.93. The summed E-state index contributed by atoms with van der Waals surface area (Å²) in [5, 5.41) is 7.11. The molecular weight excluding hydrogens is 254 g/mol. The molecule has 0 aliphatic rings. The summed E-state index contributed by atoms with van der Waals surface area (Å²) >= 11 is 0. The molecule has 6 heteroatoms. The monoisotopic (exact) mass is 281 g/mol. The number of rotatable bonds is 8. The van der Waals surface area contributed by atoms with Gasteiger partial charge in [-0.05, 0) is 26.9 Å². The van der Waals surface area contributed by atoms with Gasteiger partial charge in [-0.25, -0.2) is 0 Å². The molecule has 1 amide bonds. The van der Waals surface area contributed by atoms with Crippen LogP contribution in [-0.4, -0.2) is 46.8 Å². The van der Waals surface area contributed by atoms with Crippen LogP contribution in [0.15, 0.2) is 12.4 Å². The molecule has 1 aromatic rings. The van der Waals surface area contributed by atoms with E-state index in [2.05, 4.69) is 29.2 Å². The number of nitrogens with two attached hydrogens (primary N) is 1. The zero-order valence-corrected chi connectivity index (χ0v) is 13.0. The van der Waals surface area contributed by atoms with Crippen LogP contribution in [0, 0.1) is 5.41 Å². The molecule has 0 fully saturated rings. The van der Waals surface area contributed by atoms with Gasteiger partial charge in [-0.1, -0.05) is 13.8 Å². The third-order valence-electron chi connectivity index (χ3n) is 3.56. The molecule has 20 heavy (non-hydrogen) atoms. The quantitative estimate of drug-likeness (QED) is 0.749. The van der Waals surface area contributed by atoms with Gasteiger partial charge in [0.05, 0.1) is 23.8 Å². The van der Waals surface area contributed by atoms with E-state index in [1.165, 1.54) is 0 Å². The maximum Gasteiger partial charge on any atom is 0.231 e. The van der Waals surface area contributed by atoms with Crippen molar-refractivity contribution in [1.82, 2.24) is 14.7 Å². The van der Waals surface area contributed by atoms with Crippen molar-refractivity contribution in [2.24, 2.45) is 11.1 Å². The SMILES string of the molecule is CCN(CC)CCn1cc(NC(=O)C(C)(C)CN)cn1. The summed E-state index contributed by atoms with van der Waals surface area (Å²) in [6.07, 6.45) is 3.53. The first kappa shape index (κ1) is 16.7. The van der Waals surface area contributed by atoms with Gasteiger partial charge in [0.1, 0.15) is 0 Å². The summed E-state index contributed by atoms with van der Waals surface area (Å²) in [4.78, 5) is 14.3. The van der Waals surface area contributed by atoms with Crippen molar-refractivity contribution in [1.29, 1.82) is 0 Å². The Morgan fingerprint density at radius 3 is 2.65 bits per heavy atom. The fourth-order valence-electron chi connectivity index (χ4n) is 1.73. The number of nitrogens with zero attached hydrogens (tertiary/aromatic N) is 3. The number of hydrogen-bond donors (Lipinski definition) is 2. The van der Waals surface area contributed by atoms with Gasteiger partial charge in [-0.3, -0.25) is 9.48 Å². The van der Waals surface area contributed by atoms with Gasteiger partial charge in [0, 0.05) is 19.3 Å². The summed E-state index contributed by atoms with van der Waals surface area (Å²) in [5.74, 6) is -0.0803. The summed E-state index contributed by atoms with van der Waals surface area (Å²) in [5.41, 5.74) is 5.74. The molecule has 0 unspecified atom stereocenters. The lowest BCUT2D eigenvalue weighted by Crippen LogP contribution is -2.37. The van der Waals surface area contributed by atoms with Gasteiger partial charge in [-0.2, -0.15) is 5.10 Å². The van der Waals surface area contributed by atoms with E-state index >= 15 is 0 Å². The molecule has 0 aliphatic carbocycles. The second-order valence-corrected chi connectivity index (χ2v) is 5.56. The number of carbonyl (C=O) groups excluding carboxylic acids is 1. The number of amides is 1. The van der Waals surface area contributed by atoms with E-state index in [0.717, 1.165) is 31.9 Å². The van der Waals surface area contributed by atoms with Crippen molar-refractivity contribution in [3.05, 3.63) is 12.4 Å². The maximum absolute atomic E-state index is 12.0. The minimum absolute atomic E-state index is 0.0803. The van der Waals surface area contributed by atoms with Crippen LogP contribution in [0.3, 0.4) is 0 Å². The van der Waals surface area contributed by atoms with Crippen LogP contribution in [0.1, 0.15) is 27.7 Å². The van der Waals surface area contributed by atoms with Crippen molar-refractivity contribution < 1.29 is 4.79 Å². The predicted molar refractivity (Wildman–Crippen MR) is 81.5 cm³/mol. The lowest BCUT2D eigenvalue weighted by molar-refractivity contribution is -0.123. The third kappa shape index (κ3) is 4.61. The highest BCUT2D eigenvalue weighted by atomic mass is 16.2. The standard InChI is InChI=1S/C14H27N5O/c1-5-18(6-2)7-8-19-10-12(9-16-19)17-13(20)14(3,4)11-15/h9-10H,5-8,11,15H2,1-4H3,(H,17,20). The molecule has 0 bridgehead atoms. The van der Waals surface area contributed by atoms with Gasteiger partial charge >= 0.3 is 0 Å². The number of nitrogens with one attached hydrogen (secondary N) is 1. The van der Waals surface area contributed by atoms with Crippen molar-refractivity contribution in [3.63, 3.8) is 0 Å². The maximum atomic E-state index is 12.0. The Bertz CT molecular complexity index is 423. The van der Waals surface area contributed by atoms with Crippen molar-refractivity contribution in [3.8, 4) is 0 Å². The molecule has 0 aliphatic heterocycles. The highest BCUT2D eigenvalue weighted by Crippen LogP contribution is 2.16. The summed E-state index contributed by atoms with van der Waals surface area (Å²) < 4.78 is 1.85. The molecule has 0 radical (unpaired) electrons. The van der Waals surface area contributed by atoms with Crippen LogP contribution in [0.25, 0.3) is 0 Å². The zero-order chi connectivity index (χ0) is 15.2. The largest absolute Gasteiger partial charge is 0.329 e. The molecule has 0 atom stereocenters. The highest BCUT2D eigenvalue weighted by molar-refractivity contribution is 5.94. The van der Waals surface area contributed by atoms with Gasteiger partial charge in [0.15, 0.2) is 0 Å². The zero-order valence-electron chi connectivity index (χ0n) is 13.0. The van der Waals surface area contributed by atoms with Crippen LogP contribution < -0.4 is 11.1 Å². The van der Waals surface area contributed by atoms with E-state index < -0.39 is 5.41 Å². The molecule has 0 aromatic carbocycles. The minimum atomic E-state index is -0.566. The van der Waals surface area contributed by atoms with Gasteiger partial charge in [0.25, 0.3) is 0 Å². The summed E-state index contributed by atoms with van der Waals surface area (Å²) in [7, 11) is 0. The Kier molecular flexibility index (Phi) is 6.16. The Hall–Kier alpha value is -1.40. The molecule has 0 saturated carbocycles. The van der Waals surface area contributed by atoms with Crippen LogP contribution in [0.4, 0.5) is 5.69 Å². The Balaban J connectivity index is 2.53. The molecule has 0 saturated heterocycles. The van der Waals surface area contributed by atoms with E-state index in [4.69, 9.17) is 5.73 Å². The molecule has 0 spiro atoms. The molecule has 6 nitrogen and oxygen atoms in total. The van der Waals surface area contributed by atoms with Crippen molar-refractivity contribution >= 4 is 11.6 Å². The average Bonchev–Trinajstić information content (AvgIpc) is 2.87. The molecule has 3 N–H and O–H groups in total. The van der Waals surface area contributed by atoms with E-state index in [9.17, 15) is 4.79 Å². The van der Waals surface area contributed by atoms with Crippen LogP contribution in [0.2, 0.25) is 0 Å². The first-order chi connectivity index (χ1) is 9.42. The Labute approximate surface area is 121 Å². The first-order valence-corrected chi connectivity index (χ1v) is 7.19. The molecule has 1 heterocycles. The van der Waals surface area contributed by atoms with Gasteiger partial charge < -0.3 is 16.0 Å². The Morgan fingerprint density at radius 1 is 1.45 bits per heavy atom. The molecule has 114 valence electrons. The van der Waals surface area contributed by atoms with E-state index in [1.54, 1.807) is 6.20 Å². The molecule has 1 aromatic heterocycles. The number of hydrogen-bond acceptors (Lipinski definition) is 4. The number of likely N-dealkylation sites (N-methyl/N-ethyl adjacent to an activating group) is 1. The lowest BCUT2D eigenvalue weighted by Gasteiger charge is -2.20. The minimum Gasteiger partial charge on any atom is -0.329 e. The summed E-state index contributed by atoms with van der Waals surface area (Å²) in [6.45, 7) is 12.1. The van der Waals surface area contributed by atoms with Crippen LogP contribution in [-0.2, 0) is 11.3 Å². The predicted octanol–water partition coefficient (Wildman–Crippen LogP) is 1.15. The van der Waals surface area contributed by atoms with Crippen LogP contribution >= 0.6 is 0 Å². The smallest absolute Gasteiger partial charge is 0.231 e. The van der Waals surface area contributed by atoms with Gasteiger partial charge in [-0.15, -0.1) is 0 Å². The fourth-order valence-corrected chi connectivity index (χ4v) is 1.73. The van der Waals surface area contributed by atoms with E-state index in [0.29, 0.717) is 6.54 Å². The van der Waals surface area contributed by atoms with Gasteiger partial charge in [0.2, 0.25) is 5.91 Å². The highest BCUT2D eigenvalue weighted by Gasteiger charge is 2.25. The molecular formula is C14H27N5O.